The van der Waals surface area contributed by atoms with Crippen LogP contribution in [0.25, 0.3) is 6.08 Å². The lowest BCUT2D eigenvalue weighted by Gasteiger charge is -2.14. The Hall–Kier alpha value is -2.85. The van der Waals surface area contributed by atoms with Crippen molar-refractivity contribution < 1.29 is 9.59 Å². The number of carbonyl (C=O) groups is 2. The van der Waals surface area contributed by atoms with Gasteiger partial charge in [-0.15, -0.1) is 0 Å². The Labute approximate surface area is 138 Å². The van der Waals surface area contributed by atoms with E-state index in [9.17, 15) is 9.59 Å². The molecule has 3 rings (SSSR count). The van der Waals surface area contributed by atoms with E-state index in [1.54, 1.807) is 30.3 Å². The first-order valence-electron chi connectivity index (χ1n) is 6.99. The second kappa shape index (κ2) is 6.50. The third kappa shape index (κ3) is 3.33. The van der Waals surface area contributed by atoms with Crippen LogP contribution in [0.5, 0.6) is 0 Å². The van der Waals surface area contributed by atoms with E-state index < -0.39 is 11.8 Å². The van der Waals surface area contributed by atoms with Crippen molar-refractivity contribution in [3.63, 3.8) is 0 Å². The van der Waals surface area contributed by atoms with Crippen LogP contribution in [-0.2, 0) is 9.59 Å². The quantitative estimate of drug-likeness (QED) is 0.695. The number of hydrazine groups is 1. The second-order valence-corrected chi connectivity index (χ2v) is 5.35. The smallest absolute Gasteiger partial charge is 0.267 e. The molecule has 0 atom stereocenters. The maximum Gasteiger partial charge on any atom is 0.282 e. The number of anilines is 1. The molecule has 1 heterocycles. The molecule has 2 aromatic carbocycles. The number of amides is 2. The number of nitrogens with one attached hydrogen (secondary N) is 1. The molecule has 0 aliphatic carbocycles. The van der Waals surface area contributed by atoms with E-state index in [0.717, 1.165) is 5.56 Å². The van der Waals surface area contributed by atoms with Gasteiger partial charge in [-0.3, -0.25) is 15.0 Å². The zero-order valence-corrected chi connectivity index (χ0v) is 12.8. The van der Waals surface area contributed by atoms with Gasteiger partial charge in [-0.05, 0) is 29.8 Å². The molecule has 2 aromatic rings. The molecule has 4 nitrogen and oxygen atoms in total. The third-order valence-corrected chi connectivity index (χ3v) is 3.54. The summed E-state index contributed by atoms with van der Waals surface area (Å²) >= 11 is 5.92. The molecular weight excluding hydrogens is 312 g/mol. The van der Waals surface area contributed by atoms with E-state index in [4.69, 9.17) is 11.6 Å². The summed E-state index contributed by atoms with van der Waals surface area (Å²) in [7, 11) is 0. The fourth-order valence-corrected chi connectivity index (χ4v) is 2.38. The molecule has 1 aliphatic heterocycles. The molecule has 114 valence electrons. The van der Waals surface area contributed by atoms with Crippen LogP contribution in [0.1, 0.15) is 5.56 Å². The number of rotatable bonds is 3. The zero-order chi connectivity index (χ0) is 16.2. The molecule has 1 aliphatic rings. The van der Waals surface area contributed by atoms with E-state index in [0.29, 0.717) is 10.7 Å². The summed E-state index contributed by atoms with van der Waals surface area (Å²) in [5.41, 5.74) is 4.12. The van der Waals surface area contributed by atoms with Crippen molar-refractivity contribution in [2.45, 2.75) is 0 Å². The summed E-state index contributed by atoms with van der Waals surface area (Å²) < 4.78 is 0. The standard InChI is InChI=1S/C18H13ClN2O2/c19-14-9-5-10-15(12-14)21-18(23)16(17(22)20-21)11-4-8-13-6-2-1-3-7-13/h1-12H,(H,20,22)/b8-4+,16-11-. The Morgan fingerprint density at radius 1 is 1.00 bits per heavy atom. The highest BCUT2D eigenvalue weighted by Gasteiger charge is 2.33. The third-order valence-electron chi connectivity index (χ3n) is 3.31. The Kier molecular flexibility index (Phi) is 4.26. The maximum absolute atomic E-state index is 12.4. The van der Waals surface area contributed by atoms with Crippen molar-refractivity contribution in [2.75, 3.05) is 5.01 Å². The van der Waals surface area contributed by atoms with Crippen molar-refractivity contribution in [3.05, 3.63) is 82.9 Å². The average molecular weight is 325 g/mol. The van der Waals surface area contributed by atoms with Gasteiger partial charge in [-0.25, -0.2) is 5.01 Å². The monoisotopic (exact) mass is 324 g/mol. The van der Waals surface area contributed by atoms with E-state index in [2.05, 4.69) is 5.43 Å². The highest BCUT2D eigenvalue weighted by atomic mass is 35.5. The normalized spacial score (nSPS) is 16.4. The molecule has 1 N–H and O–H groups in total. The van der Waals surface area contributed by atoms with Crippen molar-refractivity contribution in [1.82, 2.24) is 5.43 Å². The van der Waals surface area contributed by atoms with E-state index >= 15 is 0 Å². The van der Waals surface area contributed by atoms with Gasteiger partial charge >= 0.3 is 0 Å². The van der Waals surface area contributed by atoms with Gasteiger partial charge in [-0.2, -0.15) is 0 Å². The zero-order valence-electron chi connectivity index (χ0n) is 12.1. The van der Waals surface area contributed by atoms with E-state index in [-0.39, 0.29) is 5.57 Å². The van der Waals surface area contributed by atoms with Crippen LogP contribution in [0.2, 0.25) is 5.02 Å². The first-order chi connectivity index (χ1) is 11.1. The number of halogens is 1. The fourth-order valence-electron chi connectivity index (χ4n) is 2.19. The van der Waals surface area contributed by atoms with Gasteiger partial charge in [0.1, 0.15) is 5.57 Å². The maximum atomic E-state index is 12.4. The number of benzene rings is 2. The van der Waals surface area contributed by atoms with E-state index in [1.165, 1.54) is 11.1 Å². The Bertz CT molecular complexity index is 813. The van der Waals surface area contributed by atoms with Gasteiger partial charge in [0, 0.05) is 5.02 Å². The molecule has 5 heteroatoms. The molecule has 0 unspecified atom stereocenters. The fraction of sp³-hybridized carbons (Fsp3) is 0. The van der Waals surface area contributed by atoms with Gasteiger partial charge in [0.2, 0.25) is 0 Å². The van der Waals surface area contributed by atoms with Gasteiger partial charge < -0.3 is 0 Å². The van der Waals surface area contributed by atoms with Crippen molar-refractivity contribution >= 4 is 35.2 Å². The topological polar surface area (TPSA) is 49.4 Å². The number of nitrogens with zero attached hydrogens (tertiary/aromatic N) is 1. The van der Waals surface area contributed by atoms with Crippen molar-refractivity contribution in [2.24, 2.45) is 0 Å². The first-order valence-corrected chi connectivity index (χ1v) is 7.37. The van der Waals surface area contributed by atoms with Crippen LogP contribution in [-0.4, -0.2) is 11.8 Å². The van der Waals surface area contributed by atoms with Crippen molar-refractivity contribution in [3.8, 4) is 0 Å². The van der Waals surface area contributed by atoms with Crippen LogP contribution in [0, 0.1) is 0 Å². The molecule has 1 fully saturated rings. The van der Waals surface area contributed by atoms with Crippen LogP contribution >= 0.6 is 11.6 Å². The minimum Gasteiger partial charge on any atom is -0.267 e. The van der Waals surface area contributed by atoms with E-state index in [1.807, 2.05) is 36.4 Å². The van der Waals surface area contributed by atoms with Crippen molar-refractivity contribution in [1.29, 1.82) is 0 Å². The lowest BCUT2D eigenvalue weighted by atomic mass is 10.2. The Morgan fingerprint density at radius 2 is 1.78 bits per heavy atom. The number of hydrogen-bond acceptors (Lipinski definition) is 2. The molecule has 1 saturated heterocycles. The summed E-state index contributed by atoms with van der Waals surface area (Å²) in [5, 5.41) is 1.68. The minimum absolute atomic E-state index is 0.0807. The van der Waals surface area contributed by atoms with Crippen LogP contribution < -0.4 is 10.4 Å². The highest BCUT2D eigenvalue weighted by molar-refractivity contribution is 6.32. The lowest BCUT2D eigenvalue weighted by molar-refractivity contribution is -0.117. The summed E-state index contributed by atoms with van der Waals surface area (Å²) in [4.78, 5) is 24.4. The van der Waals surface area contributed by atoms with Gasteiger partial charge in [0.25, 0.3) is 11.8 Å². The SMILES string of the molecule is O=C1NN(c2cccc(Cl)c2)C(=O)/C1=C\C=C\c1ccccc1. The molecule has 2 amide bonds. The largest absolute Gasteiger partial charge is 0.282 e. The second-order valence-electron chi connectivity index (χ2n) is 4.91. The average Bonchev–Trinajstić information content (AvgIpc) is 2.84. The van der Waals surface area contributed by atoms with Crippen LogP contribution in [0.15, 0.2) is 72.3 Å². The van der Waals surface area contributed by atoms with Gasteiger partial charge in [0.15, 0.2) is 0 Å². The summed E-state index contributed by atoms with van der Waals surface area (Å²) in [6.07, 6.45) is 5.02. The molecule has 0 spiro atoms. The number of allylic oxidation sites excluding steroid dienone is 2. The van der Waals surface area contributed by atoms with Gasteiger partial charge in [0.05, 0.1) is 5.69 Å². The number of carbonyl (C=O) groups excluding carboxylic acids is 2. The Balaban J connectivity index is 1.81. The lowest BCUT2D eigenvalue weighted by Crippen LogP contribution is -2.35. The molecule has 0 aromatic heterocycles. The molecule has 23 heavy (non-hydrogen) atoms. The highest BCUT2D eigenvalue weighted by Crippen LogP contribution is 2.23. The number of hydrogen-bond donors (Lipinski definition) is 1. The molecular formula is C18H13ClN2O2. The summed E-state index contributed by atoms with van der Waals surface area (Å²) in [5.74, 6) is -0.845. The minimum atomic E-state index is -0.437. The first kappa shape index (κ1) is 15.1. The summed E-state index contributed by atoms with van der Waals surface area (Å²) in [6, 6.07) is 16.4. The molecule has 0 radical (unpaired) electrons. The predicted octanol–water partition coefficient (Wildman–Crippen LogP) is 3.36. The van der Waals surface area contributed by atoms with Crippen LogP contribution in [0.4, 0.5) is 5.69 Å². The van der Waals surface area contributed by atoms with Crippen LogP contribution in [0.3, 0.4) is 0 Å². The Morgan fingerprint density at radius 3 is 2.52 bits per heavy atom. The summed E-state index contributed by atoms with van der Waals surface area (Å²) in [6.45, 7) is 0. The van der Waals surface area contributed by atoms with Gasteiger partial charge in [-0.1, -0.05) is 60.2 Å². The molecule has 0 bridgehead atoms. The predicted molar refractivity (Wildman–Crippen MR) is 90.6 cm³/mol. The molecule has 0 saturated carbocycles.